The van der Waals surface area contributed by atoms with Crippen LogP contribution in [0.25, 0.3) is 0 Å². The lowest BCUT2D eigenvalue weighted by atomic mass is 10.1. The Bertz CT molecular complexity index is 896. The SMILES string of the molecule is CN1CCN(S(=O)(=O)N2CCN(C(=O)c3cc(Cl)c4c(c3)OCCCO4)CC2)CC1. The number of ether oxygens (including phenoxy) is 2. The molecule has 1 aromatic carbocycles. The summed E-state index contributed by atoms with van der Waals surface area (Å²) in [7, 11) is -1.51. The summed E-state index contributed by atoms with van der Waals surface area (Å²) >= 11 is 6.31. The molecule has 166 valence electrons. The van der Waals surface area contributed by atoms with Crippen LogP contribution >= 0.6 is 11.6 Å². The Morgan fingerprint density at radius 3 is 2.20 bits per heavy atom. The molecule has 11 heteroatoms. The lowest BCUT2D eigenvalue weighted by Gasteiger charge is -2.39. The molecule has 0 radical (unpaired) electrons. The molecule has 0 aromatic heterocycles. The molecule has 30 heavy (non-hydrogen) atoms. The molecule has 9 nitrogen and oxygen atoms in total. The van der Waals surface area contributed by atoms with E-state index in [1.165, 1.54) is 8.61 Å². The lowest BCUT2D eigenvalue weighted by molar-refractivity contribution is 0.0691. The summed E-state index contributed by atoms with van der Waals surface area (Å²) in [6, 6.07) is 3.24. The number of benzene rings is 1. The molecular formula is C19H27ClN4O5S. The van der Waals surface area contributed by atoms with E-state index in [2.05, 4.69) is 4.90 Å². The van der Waals surface area contributed by atoms with Crippen LogP contribution in [0, 0.1) is 0 Å². The third-order valence-electron chi connectivity index (χ3n) is 5.69. The van der Waals surface area contributed by atoms with E-state index in [0.29, 0.717) is 61.5 Å². The van der Waals surface area contributed by atoms with Gasteiger partial charge in [-0.3, -0.25) is 4.79 Å². The number of piperazine rings is 2. The predicted molar refractivity (Wildman–Crippen MR) is 113 cm³/mol. The van der Waals surface area contributed by atoms with E-state index in [1.54, 1.807) is 17.0 Å². The van der Waals surface area contributed by atoms with Crippen molar-refractivity contribution in [3.05, 3.63) is 22.7 Å². The average Bonchev–Trinajstić information content (AvgIpc) is 2.99. The van der Waals surface area contributed by atoms with E-state index in [-0.39, 0.29) is 19.0 Å². The topological polar surface area (TPSA) is 82.6 Å². The van der Waals surface area contributed by atoms with E-state index in [9.17, 15) is 13.2 Å². The molecule has 3 aliphatic rings. The van der Waals surface area contributed by atoms with Gasteiger partial charge in [-0.25, -0.2) is 0 Å². The Kier molecular flexibility index (Phi) is 6.40. The van der Waals surface area contributed by atoms with E-state index in [1.807, 2.05) is 7.05 Å². The number of carbonyl (C=O) groups is 1. The van der Waals surface area contributed by atoms with E-state index < -0.39 is 10.2 Å². The van der Waals surface area contributed by atoms with Crippen LogP contribution in [0.3, 0.4) is 0 Å². The number of amides is 1. The first-order valence-electron chi connectivity index (χ1n) is 10.2. The number of hydrogen-bond donors (Lipinski definition) is 0. The maximum absolute atomic E-state index is 13.0. The van der Waals surface area contributed by atoms with Gasteiger partial charge in [0, 0.05) is 64.3 Å². The van der Waals surface area contributed by atoms with E-state index >= 15 is 0 Å². The minimum Gasteiger partial charge on any atom is -0.489 e. The number of fused-ring (bicyclic) bond motifs is 1. The molecule has 0 unspecified atom stereocenters. The van der Waals surface area contributed by atoms with Crippen molar-refractivity contribution in [3.8, 4) is 11.5 Å². The fourth-order valence-electron chi connectivity index (χ4n) is 3.84. The quantitative estimate of drug-likeness (QED) is 0.664. The highest BCUT2D eigenvalue weighted by molar-refractivity contribution is 7.86. The van der Waals surface area contributed by atoms with E-state index in [4.69, 9.17) is 21.1 Å². The number of rotatable bonds is 3. The van der Waals surface area contributed by atoms with Gasteiger partial charge in [-0.1, -0.05) is 11.6 Å². The van der Waals surface area contributed by atoms with Gasteiger partial charge < -0.3 is 19.3 Å². The Morgan fingerprint density at radius 2 is 1.53 bits per heavy atom. The van der Waals surface area contributed by atoms with Crippen molar-refractivity contribution in [2.75, 3.05) is 72.6 Å². The van der Waals surface area contributed by atoms with Gasteiger partial charge in [0.2, 0.25) is 0 Å². The molecule has 0 atom stereocenters. The fourth-order valence-corrected chi connectivity index (χ4v) is 5.68. The van der Waals surface area contributed by atoms with Gasteiger partial charge in [-0.05, 0) is 19.2 Å². The maximum atomic E-state index is 13.0. The first-order chi connectivity index (χ1) is 14.4. The Hall–Kier alpha value is -1.59. The van der Waals surface area contributed by atoms with Crippen LogP contribution in [0.5, 0.6) is 11.5 Å². The molecule has 2 fully saturated rings. The summed E-state index contributed by atoms with van der Waals surface area (Å²) in [5.41, 5.74) is 0.416. The molecule has 0 bridgehead atoms. The predicted octanol–water partition coefficient (Wildman–Crippen LogP) is 0.751. The summed E-state index contributed by atoms with van der Waals surface area (Å²) in [5, 5.41) is 0.342. The molecule has 0 aliphatic carbocycles. The minimum absolute atomic E-state index is 0.191. The Morgan fingerprint density at radius 1 is 0.933 bits per heavy atom. The van der Waals surface area contributed by atoms with E-state index in [0.717, 1.165) is 19.5 Å². The highest BCUT2D eigenvalue weighted by Crippen LogP contribution is 2.38. The van der Waals surface area contributed by atoms with Crippen LogP contribution in [0.1, 0.15) is 16.8 Å². The zero-order valence-corrected chi connectivity index (χ0v) is 18.6. The highest BCUT2D eigenvalue weighted by atomic mass is 35.5. The van der Waals surface area contributed by atoms with Crippen LogP contribution < -0.4 is 9.47 Å². The first-order valence-corrected chi connectivity index (χ1v) is 12.0. The Balaban J connectivity index is 1.41. The average molecular weight is 459 g/mol. The molecule has 1 amide bonds. The molecule has 3 heterocycles. The largest absolute Gasteiger partial charge is 0.489 e. The molecule has 1 aromatic rings. The third kappa shape index (κ3) is 4.38. The molecule has 4 rings (SSSR count). The molecular weight excluding hydrogens is 432 g/mol. The van der Waals surface area contributed by atoms with Crippen molar-refractivity contribution >= 4 is 27.7 Å². The van der Waals surface area contributed by atoms with Gasteiger partial charge in [0.25, 0.3) is 16.1 Å². The standard InChI is InChI=1S/C19H27ClN4O5S/c1-21-3-7-23(8-4-21)30(26,27)24-9-5-22(6-10-24)19(25)15-13-16(20)18-17(14-15)28-11-2-12-29-18/h13-14H,2-12H2,1H3. The number of hydrogen-bond acceptors (Lipinski definition) is 6. The number of likely N-dealkylation sites (N-methyl/N-ethyl adjacent to an activating group) is 1. The molecule has 0 N–H and O–H groups in total. The van der Waals surface area contributed by atoms with Crippen LogP contribution in [-0.2, 0) is 10.2 Å². The zero-order chi connectivity index (χ0) is 21.3. The molecule has 0 saturated carbocycles. The Labute approximate surface area is 182 Å². The van der Waals surface area contributed by atoms with Crippen LogP contribution in [0.2, 0.25) is 5.02 Å². The van der Waals surface area contributed by atoms with Gasteiger partial charge in [-0.15, -0.1) is 0 Å². The summed E-state index contributed by atoms with van der Waals surface area (Å²) < 4.78 is 40.1. The van der Waals surface area contributed by atoms with Crippen molar-refractivity contribution in [2.24, 2.45) is 0 Å². The number of halogens is 1. The van der Waals surface area contributed by atoms with Crippen molar-refractivity contribution in [1.82, 2.24) is 18.4 Å². The van der Waals surface area contributed by atoms with Gasteiger partial charge in [0.1, 0.15) is 0 Å². The molecule has 3 aliphatic heterocycles. The van der Waals surface area contributed by atoms with Gasteiger partial charge in [0.05, 0.1) is 18.2 Å². The molecule has 2 saturated heterocycles. The second-order valence-corrected chi connectivity index (χ2v) is 10.1. The fraction of sp³-hybridized carbons (Fsp3) is 0.632. The third-order valence-corrected chi connectivity index (χ3v) is 8.01. The highest BCUT2D eigenvalue weighted by Gasteiger charge is 2.35. The van der Waals surface area contributed by atoms with Crippen molar-refractivity contribution in [3.63, 3.8) is 0 Å². The second kappa shape index (κ2) is 8.88. The smallest absolute Gasteiger partial charge is 0.282 e. The van der Waals surface area contributed by atoms with Gasteiger partial charge >= 0.3 is 0 Å². The summed E-state index contributed by atoms with van der Waals surface area (Å²) in [6.45, 7) is 4.67. The zero-order valence-electron chi connectivity index (χ0n) is 17.0. The minimum atomic E-state index is -3.50. The van der Waals surface area contributed by atoms with Crippen LogP contribution in [-0.4, -0.2) is 105 Å². The second-order valence-electron chi connectivity index (χ2n) is 7.74. The maximum Gasteiger partial charge on any atom is 0.282 e. The summed E-state index contributed by atoms with van der Waals surface area (Å²) in [5.74, 6) is 0.748. The van der Waals surface area contributed by atoms with Crippen molar-refractivity contribution in [2.45, 2.75) is 6.42 Å². The van der Waals surface area contributed by atoms with Gasteiger partial charge in [-0.2, -0.15) is 17.0 Å². The summed E-state index contributed by atoms with van der Waals surface area (Å²) in [6.07, 6.45) is 0.748. The number of nitrogens with zero attached hydrogens (tertiary/aromatic N) is 4. The lowest BCUT2D eigenvalue weighted by Crippen LogP contribution is -2.57. The normalized spacial score (nSPS) is 22.0. The number of carbonyl (C=O) groups excluding carboxylic acids is 1. The van der Waals surface area contributed by atoms with Crippen molar-refractivity contribution < 1.29 is 22.7 Å². The first kappa shape index (κ1) is 21.6. The monoisotopic (exact) mass is 458 g/mol. The molecule has 0 spiro atoms. The van der Waals surface area contributed by atoms with Gasteiger partial charge in [0.15, 0.2) is 11.5 Å². The van der Waals surface area contributed by atoms with Crippen LogP contribution in [0.4, 0.5) is 0 Å². The summed E-state index contributed by atoms with van der Waals surface area (Å²) in [4.78, 5) is 16.8. The van der Waals surface area contributed by atoms with Crippen molar-refractivity contribution in [1.29, 1.82) is 0 Å². The van der Waals surface area contributed by atoms with Crippen LogP contribution in [0.15, 0.2) is 12.1 Å².